The van der Waals surface area contributed by atoms with Crippen molar-refractivity contribution < 1.29 is 19.4 Å². The van der Waals surface area contributed by atoms with Gasteiger partial charge in [0.2, 0.25) is 6.79 Å². The number of rotatable bonds is 4. The first kappa shape index (κ1) is 13.1. The Bertz CT molecular complexity index is 674. The molecule has 0 amide bonds. The summed E-state index contributed by atoms with van der Waals surface area (Å²) >= 11 is 1.26. The number of pyridine rings is 1. The fourth-order valence-electron chi connectivity index (χ4n) is 2.07. The standard InChI is InChI=1S/C14H13NO4S/c1-2-12(14(16)17)20-13-9-6-11-10(18-7-19-11)5-8(9)3-4-15-13/h3-6,12H,2,7H2,1H3,(H,16,17). The fraction of sp³-hybridized carbons (Fsp3) is 0.286. The highest BCUT2D eigenvalue weighted by Gasteiger charge is 2.20. The van der Waals surface area contributed by atoms with Crippen molar-refractivity contribution >= 4 is 28.5 Å². The van der Waals surface area contributed by atoms with E-state index >= 15 is 0 Å². The van der Waals surface area contributed by atoms with E-state index in [0.717, 1.165) is 10.8 Å². The number of nitrogens with zero attached hydrogens (tertiary/aromatic N) is 1. The van der Waals surface area contributed by atoms with Gasteiger partial charge in [-0.05, 0) is 30.0 Å². The lowest BCUT2D eigenvalue weighted by molar-refractivity contribution is -0.136. The van der Waals surface area contributed by atoms with Crippen LogP contribution in [0.1, 0.15) is 13.3 Å². The van der Waals surface area contributed by atoms with Crippen LogP contribution in [0.3, 0.4) is 0 Å². The lowest BCUT2D eigenvalue weighted by Crippen LogP contribution is -2.14. The van der Waals surface area contributed by atoms with Crippen LogP contribution in [0.2, 0.25) is 0 Å². The van der Waals surface area contributed by atoms with Crippen LogP contribution in [0.15, 0.2) is 29.4 Å². The summed E-state index contributed by atoms with van der Waals surface area (Å²) < 4.78 is 10.7. The molecular weight excluding hydrogens is 278 g/mol. The zero-order chi connectivity index (χ0) is 14.1. The van der Waals surface area contributed by atoms with E-state index in [9.17, 15) is 4.79 Å². The second kappa shape index (κ2) is 5.20. The van der Waals surface area contributed by atoms with E-state index in [1.54, 1.807) is 6.20 Å². The van der Waals surface area contributed by atoms with Gasteiger partial charge in [-0.25, -0.2) is 4.98 Å². The lowest BCUT2D eigenvalue weighted by atomic mass is 10.1. The molecule has 1 aliphatic rings. The van der Waals surface area contributed by atoms with Crippen molar-refractivity contribution in [2.45, 2.75) is 23.6 Å². The monoisotopic (exact) mass is 291 g/mol. The molecule has 0 saturated heterocycles. The van der Waals surface area contributed by atoms with Crippen molar-refractivity contribution in [2.24, 2.45) is 0 Å². The Morgan fingerprint density at radius 3 is 2.90 bits per heavy atom. The number of carboxylic acids is 1. The average Bonchev–Trinajstić information content (AvgIpc) is 2.89. The van der Waals surface area contributed by atoms with Gasteiger partial charge in [0.05, 0.1) is 0 Å². The van der Waals surface area contributed by atoms with E-state index < -0.39 is 11.2 Å². The number of ether oxygens (including phenoxy) is 2. The second-order valence-corrected chi connectivity index (χ2v) is 5.59. The predicted molar refractivity (Wildman–Crippen MR) is 75.4 cm³/mol. The molecule has 3 rings (SSSR count). The molecular formula is C14H13NO4S. The summed E-state index contributed by atoms with van der Waals surface area (Å²) in [5, 5.41) is 11.2. The summed E-state index contributed by atoms with van der Waals surface area (Å²) in [5.74, 6) is 0.567. The van der Waals surface area contributed by atoms with Crippen LogP contribution in [0.5, 0.6) is 11.5 Å². The molecule has 0 aliphatic carbocycles. The predicted octanol–water partition coefficient (Wildman–Crippen LogP) is 2.92. The van der Waals surface area contributed by atoms with Gasteiger partial charge in [0.25, 0.3) is 0 Å². The number of aromatic nitrogens is 1. The Balaban J connectivity index is 2.05. The van der Waals surface area contributed by atoms with Gasteiger partial charge in [0.15, 0.2) is 11.5 Å². The molecule has 6 heteroatoms. The summed E-state index contributed by atoms with van der Waals surface area (Å²) in [6.07, 6.45) is 2.23. The Morgan fingerprint density at radius 1 is 1.45 bits per heavy atom. The number of carboxylic acid groups (broad SMARTS) is 1. The maximum Gasteiger partial charge on any atom is 0.317 e. The Kier molecular flexibility index (Phi) is 3.40. The molecule has 1 N–H and O–H groups in total. The highest BCUT2D eigenvalue weighted by atomic mass is 32.2. The Labute approximate surface area is 119 Å². The van der Waals surface area contributed by atoms with Gasteiger partial charge < -0.3 is 14.6 Å². The Hall–Kier alpha value is -1.95. The number of hydrogen-bond donors (Lipinski definition) is 1. The smallest absolute Gasteiger partial charge is 0.317 e. The molecule has 0 saturated carbocycles. The summed E-state index contributed by atoms with van der Waals surface area (Å²) in [6, 6.07) is 5.63. The zero-order valence-electron chi connectivity index (χ0n) is 10.8. The number of aliphatic carboxylic acids is 1. The van der Waals surface area contributed by atoms with E-state index in [0.29, 0.717) is 22.9 Å². The minimum Gasteiger partial charge on any atom is -0.480 e. The first-order valence-corrected chi connectivity index (χ1v) is 7.15. The maximum absolute atomic E-state index is 11.2. The van der Waals surface area contributed by atoms with Gasteiger partial charge in [-0.3, -0.25) is 4.79 Å². The van der Waals surface area contributed by atoms with Crippen LogP contribution in [0, 0.1) is 0 Å². The van der Waals surface area contributed by atoms with Crippen molar-refractivity contribution in [3.8, 4) is 11.5 Å². The fourth-order valence-corrected chi connectivity index (χ4v) is 3.04. The van der Waals surface area contributed by atoms with E-state index in [1.807, 2.05) is 25.1 Å². The normalized spacial score (nSPS) is 14.4. The molecule has 0 fully saturated rings. The van der Waals surface area contributed by atoms with Crippen LogP contribution in [-0.2, 0) is 4.79 Å². The summed E-state index contributed by atoms with van der Waals surface area (Å²) in [7, 11) is 0. The highest BCUT2D eigenvalue weighted by molar-refractivity contribution is 8.00. The van der Waals surface area contributed by atoms with Gasteiger partial charge in [-0.1, -0.05) is 18.7 Å². The van der Waals surface area contributed by atoms with Crippen LogP contribution in [0.4, 0.5) is 0 Å². The quantitative estimate of drug-likeness (QED) is 0.873. The molecule has 2 heterocycles. The van der Waals surface area contributed by atoms with Gasteiger partial charge in [-0.2, -0.15) is 0 Å². The van der Waals surface area contributed by atoms with Crippen molar-refractivity contribution in [2.75, 3.05) is 6.79 Å². The third-order valence-electron chi connectivity index (χ3n) is 3.12. The molecule has 0 bridgehead atoms. The molecule has 104 valence electrons. The number of carbonyl (C=O) groups is 1. The van der Waals surface area contributed by atoms with E-state index in [2.05, 4.69) is 4.98 Å². The SMILES string of the molecule is CCC(Sc1nccc2cc3c(cc12)OCO3)C(=O)O. The van der Waals surface area contributed by atoms with Gasteiger partial charge in [0, 0.05) is 11.6 Å². The first-order chi connectivity index (χ1) is 9.69. The van der Waals surface area contributed by atoms with Crippen LogP contribution in [-0.4, -0.2) is 28.1 Å². The van der Waals surface area contributed by atoms with E-state index in [-0.39, 0.29) is 6.79 Å². The van der Waals surface area contributed by atoms with Gasteiger partial charge in [-0.15, -0.1) is 0 Å². The maximum atomic E-state index is 11.2. The summed E-state index contributed by atoms with van der Waals surface area (Å²) in [4.78, 5) is 15.5. The topological polar surface area (TPSA) is 68.7 Å². The van der Waals surface area contributed by atoms with Crippen molar-refractivity contribution in [3.05, 3.63) is 24.4 Å². The molecule has 1 aromatic heterocycles. The molecule has 0 radical (unpaired) electrons. The average molecular weight is 291 g/mol. The zero-order valence-corrected chi connectivity index (χ0v) is 11.6. The van der Waals surface area contributed by atoms with Crippen LogP contribution < -0.4 is 9.47 Å². The third kappa shape index (κ3) is 2.27. The molecule has 20 heavy (non-hydrogen) atoms. The van der Waals surface area contributed by atoms with Crippen molar-refractivity contribution in [3.63, 3.8) is 0 Å². The minimum atomic E-state index is -0.822. The number of benzene rings is 1. The highest BCUT2D eigenvalue weighted by Crippen LogP contribution is 2.39. The van der Waals surface area contributed by atoms with Crippen LogP contribution >= 0.6 is 11.8 Å². The second-order valence-electron chi connectivity index (χ2n) is 4.40. The summed E-state index contributed by atoms with van der Waals surface area (Å²) in [6.45, 7) is 2.07. The first-order valence-electron chi connectivity index (χ1n) is 6.27. The molecule has 1 atom stereocenters. The van der Waals surface area contributed by atoms with Crippen molar-refractivity contribution in [1.82, 2.24) is 4.98 Å². The minimum absolute atomic E-state index is 0.217. The molecule has 1 aliphatic heterocycles. The number of thioether (sulfide) groups is 1. The van der Waals surface area contributed by atoms with E-state index in [1.165, 1.54) is 11.8 Å². The molecule has 1 aromatic carbocycles. The molecule has 2 aromatic rings. The molecule has 0 spiro atoms. The van der Waals surface area contributed by atoms with E-state index in [4.69, 9.17) is 14.6 Å². The van der Waals surface area contributed by atoms with Gasteiger partial charge in [0.1, 0.15) is 10.3 Å². The van der Waals surface area contributed by atoms with Crippen molar-refractivity contribution in [1.29, 1.82) is 0 Å². The largest absolute Gasteiger partial charge is 0.480 e. The third-order valence-corrected chi connectivity index (χ3v) is 4.49. The van der Waals surface area contributed by atoms with Gasteiger partial charge >= 0.3 is 5.97 Å². The Morgan fingerprint density at radius 2 is 2.20 bits per heavy atom. The number of hydrogen-bond acceptors (Lipinski definition) is 5. The summed E-state index contributed by atoms with van der Waals surface area (Å²) in [5.41, 5.74) is 0. The molecule has 5 nitrogen and oxygen atoms in total. The lowest BCUT2D eigenvalue weighted by Gasteiger charge is -2.11. The van der Waals surface area contributed by atoms with Crippen LogP contribution in [0.25, 0.3) is 10.8 Å². The number of fused-ring (bicyclic) bond motifs is 2. The molecule has 1 unspecified atom stereocenters.